The van der Waals surface area contributed by atoms with Gasteiger partial charge in [-0.15, -0.1) is 0 Å². The average Bonchev–Trinajstić information content (AvgIpc) is 2.37. The third-order valence-corrected chi connectivity index (χ3v) is 4.05. The Morgan fingerprint density at radius 3 is 2.86 bits per heavy atom. The minimum atomic E-state index is -0.360. The lowest BCUT2D eigenvalue weighted by Crippen LogP contribution is -2.31. The van der Waals surface area contributed by atoms with Crippen LogP contribution >= 0.6 is 0 Å². The second-order valence-corrected chi connectivity index (χ2v) is 6.44. The maximum atomic E-state index is 11.4. The Balaban J connectivity index is 2.23. The van der Waals surface area contributed by atoms with Crippen molar-refractivity contribution in [1.82, 2.24) is 0 Å². The molecule has 1 aliphatic carbocycles. The molecule has 0 saturated heterocycles. The summed E-state index contributed by atoms with van der Waals surface area (Å²) in [6.07, 6.45) is 4.46. The number of benzene rings is 1. The molecule has 1 atom stereocenters. The highest BCUT2D eigenvalue weighted by Crippen LogP contribution is 2.39. The molecule has 1 aliphatic rings. The summed E-state index contributed by atoms with van der Waals surface area (Å²) in [4.78, 5) is 11.0. The molecule has 5 nitrogen and oxygen atoms in total. The Hall–Kier alpha value is -1.78. The minimum absolute atomic E-state index is 0.0442. The van der Waals surface area contributed by atoms with Gasteiger partial charge >= 0.3 is 5.69 Å². The zero-order valence-corrected chi connectivity index (χ0v) is 13.0. The van der Waals surface area contributed by atoms with Crippen molar-refractivity contribution in [1.29, 1.82) is 0 Å². The van der Waals surface area contributed by atoms with Gasteiger partial charge in [0.05, 0.1) is 11.5 Å². The number of rotatable bonds is 5. The van der Waals surface area contributed by atoms with Crippen LogP contribution in [0.25, 0.3) is 0 Å². The lowest BCUT2D eigenvalue weighted by molar-refractivity contribution is -0.385. The molecular weight excluding hydrogens is 268 g/mol. The van der Waals surface area contributed by atoms with Gasteiger partial charge in [-0.3, -0.25) is 10.1 Å². The first-order valence-corrected chi connectivity index (χ1v) is 7.59. The molecule has 0 spiro atoms. The molecule has 21 heavy (non-hydrogen) atoms. The predicted molar refractivity (Wildman–Crippen MR) is 83.9 cm³/mol. The molecular formula is C16H24N2O3. The van der Waals surface area contributed by atoms with E-state index >= 15 is 0 Å². The highest BCUT2D eigenvalue weighted by molar-refractivity contribution is 5.68. The largest absolute Gasteiger partial charge is 0.487 e. The topological polar surface area (TPSA) is 64.4 Å². The van der Waals surface area contributed by atoms with Crippen LogP contribution < -0.4 is 10.1 Å². The van der Waals surface area contributed by atoms with E-state index in [1.54, 1.807) is 18.2 Å². The molecule has 1 saturated carbocycles. The zero-order chi connectivity index (χ0) is 15.5. The summed E-state index contributed by atoms with van der Waals surface area (Å²) in [7, 11) is 0. The first-order chi connectivity index (χ1) is 9.93. The van der Waals surface area contributed by atoms with E-state index in [9.17, 15) is 10.1 Å². The van der Waals surface area contributed by atoms with Crippen LogP contribution in [0.1, 0.15) is 46.5 Å². The van der Waals surface area contributed by atoms with Gasteiger partial charge in [-0.05, 0) is 43.7 Å². The number of nitrogens with zero attached hydrogens (tertiary/aromatic N) is 1. The van der Waals surface area contributed by atoms with Crippen molar-refractivity contribution < 1.29 is 9.66 Å². The van der Waals surface area contributed by atoms with E-state index in [0.717, 1.165) is 19.3 Å². The monoisotopic (exact) mass is 292 g/mol. The maximum absolute atomic E-state index is 11.4. The molecule has 0 radical (unpaired) electrons. The van der Waals surface area contributed by atoms with Crippen LogP contribution in [-0.4, -0.2) is 17.6 Å². The Labute approximate surface area is 125 Å². The van der Waals surface area contributed by atoms with Gasteiger partial charge < -0.3 is 10.1 Å². The molecule has 1 N–H and O–H groups in total. The lowest BCUT2D eigenvalue weighted by atomic mass is 9.75. The lowest BCUT2D eigenvalue weighted by Gasteiger charge is -2.36. The fourth-order valence-electron chi connectivity index (χ4n) is 3.14. The summed E-state index contributed by atoms with van der Waals surface area (Å²) in [5.41, 5.74) is 0.902. The van der Waals surface area contributed by atoms with Gasteiger partial charge in [0.1, 0.15) is 5.69 Å². The van der Waals surface area contributed by atoms with Crippen LogP contribution in [0.2, 0.25) is 0 Å². The smallest absolute Gasteiger partial charge is 0.333 e. The van der Waals surface area contributed by atoms with Gasteiger partial charge in [0.25, 0.3) is 0 Å². The Morgan fingerprint density at radius 2 is 2.24 bits per heavy atom. The molecule has 0 heterocycles. The Bertz CT molecular complexity index is 514. The maximum Gasteiger partial charge on any atom is 0.333 e. The Kier molecular flexibility index (Phi) is 4.70. The van der Waals surface area contributed by atoms with Gasteiger partial charge in [0, 0.05) is 6.04 Å². The number of hydrogen-bond donors (Lipinski definition) is 1. The molecule has 0 aliphatic heterocycles. The molecule has 116 valence electrons. The van der Waals surface area contributed by atoms with E-state index in [4.69, 9.17) is 4.74 Å². The molecule has 2 rings (SSSR count). The molecule has 1 unspecified atom stereocenters. The van der Waals surface area contributed by atoms with E-state index in [2.05, 4.69) is 19.2 Å². The van der Waals surface area contributed by atoms with Crippen LogP contribution in [-0.2, 0) is 0 Å². The minimum Gasteiger partial charge on any atom is -0.487 e. The van der Waals surface area contributed by atoms with Gasteiger partial charge in [0.2, 0.25) is 0 Å². The quantitative estimate of drug-likeness (QED) is 0.646. The predicted octanol–water partition coefficient (Wildman–Crippen LogP) is 4.37. The summed E-state index contributed by atoms with van der Waals surface area (Å²) in [5, 5.41) is 14.7. The average molecular weight is 292 g/mol. The highest BCUT2D eigenvalue weighted by atomic mass is 16.6. The number of nitro groups is 1. The van der Waals surface area contributed by atoms with E-state index < -0.39 is 0 Å². The number of anilines is 1. The van der Waals surface area contributed by atoms with Crippen LogP contribution in [0.4, 0.5) is 11.4 Å². The van der Waals surface area contributed by atoms with E-state index in [1.165, 1.54) is 6.42 Å². The molecule has 1 aromatic carbocycles. The number of nitrogens with one attached hydrogen (secondary N) is 1. The van der Waals surface area contributed by atoms with Gasteiger partial charge in [0.15, 0.2) is 5.75 Å². The zero-order valence-electron chi connectivity index (χ0n) is 13.0. The van der Waals surface area contributed by atoms with Crippen molar-refractivity contribution in [3.8, 4) is 5.75 Å². The normalized spacial score (nSPS) is 20.8. The van der Waals surface area contributed by atoms with Gasteiger partial charge in [-0.2, -0.15) is 0 Å². The van der Waals surface area contributed by atoms with Crippen LogP contribution in [0.15, 0.2) is 18.2 Å². The number of ether oxygens (including phenoxy) is 1. The summed E-state index contributed by atoms with van der Waals surface area (Å²) in [6, 6.07) is 5.50. The van der Waals surface area contributed by atoms with Gasteiger partial charge in [-0.25, -0.2) is 0 Å². The molecule has 1 aromatic rings. The summed E-state index contributed by atoms with van der Waals surface area (Å²) in [6.45, 7) is 6.76. The third-order valence-electron chi connectivity index (χ3n) is 4.05. The van der Waals surface area contributed by atoms with Crippen molar-refractivity contribution in [2.45, 2.75) is 52.5 Å². The molecule has 0 bridgehead atoms. The van der Waals surface area contributed by atoms with Crippen LogP contribution in [0, 0.1) is 15.5 Å². The first kappa shape index (κ1) is 15.6. The Morgan fingerprint density at radius 1 is 1.48 bits per heavy atom. The van der Waals surface area contributed by atoms with Crippen LogP contribution in [0.5, 0.6) is 5.75 Å². The summed E-state index contributed by atoms with van der Waals surface area (Å²) in [5.74, 6) is 0.336. The fourth-order valence-corrected chi connectivity index (χ4v) is 3.14. The third kappa shape index (κ3) is 3.86. The second kappa shape index (κ2) is 6.33. The molecule has 5 heteroatoms. The van der Waals surface area contributed by atoms with E-state index in [1.807, 2.05) is 6.92 Å². The van der Waals surface area contributed by atoms with E-state index in [0.29, 0.717) is 23.5 Å². The van der Waals surface area contributed by atoms with Crippen molar-refractivity contribution >= 4 is 11.4 Å². The molecule has 1 fully saturated rings. The molecule has 0 aromatic heterocycles. The number of para-hydroxylation sites is 1. The fraction of sp³-hybridized carbons (Fsp3) is 0.625. The SMILES string of the molecule is CCOc1cccc(NC2CCCC(C)(C)C2)c1[N+](=O)[O-]. The van der Waals surface area contributed by atoms with E-state index in [-0.39, 0.29) is 16.7 Å². The van der Waals surface area contributed by atoms with Crippen molar-refractivity contribution in [2.75, 3.05) is 11.9 Å². The standard InChI is InChI=1S/C16H24N2O3/c1-4-21-14-9-5-8-13(15(14)18(19)20)17-12-7-6-10-16(2,3)11-12/h5,8-9,12,17H,4,6-7,10-11H2,1-3H3. The second-order valence-electron chi connectivity index (χ2n) is 6.44. The highest BCUT2D eigenvalue weighted by Gasteiger charge is 2.30. The summed E-state index contributed by atoms with van der Waals surface area (Å²) >= 11 is 0. The van der Waals surface area contributed by atoms with Crippen LogP contribution in [0.3, 0.4) is 0 Å². The van der Waals surface area contributed by atoms with Gasteiger partial charge in [-0.1, -0.05) is 26.3 Å². The van der Waals surface area contributed by atoms with Crippen molar-refractivity contribution in [3.63, 3.8) is 0 Å². The van der Waals surface area contributed by atoms with Crippen molar-refractivity contribution in [2.24, 2.45) is 5.41 Å². The number of hydrogen-bond acceptors (Lipinski definition) is 4. The molecule has 0 amide bonds. The summed E-state index contributed by atoms with van der Waals surface area (Å²) < 4.78 is 5.39. The first-order valence-electron chi connectivity index (χ1n) is 7.59. The number of nitro benzene ring substituents is 1. The van der Waals surface area contributed by atoms with Crippen molar-refractivity contribution in [3.05, 3.63) is 28.3 Å².